The third-order valence-electron chi connectivity index (χ3n) is 3.80. The average molecular weight is 382 g/mol. The highest BCUT2D eigenvalue weighted by atomic mass is 32.2. The second-order valence-electron chi connectivity index (χ2n) is 5.95. The highest BCUT2D eigenvalue weighted by Gasteiger charge is 2.16. The quantitative estimate of drug-likeness (QED) is 0.403. The zero-order valence-electron chi connectivity index (χ0n) is 15.0. The molecular weight excluding hydrogens is 360 g/mol. The van der Waals surface area contributed by atoms with E-state index in [1.54, 1.807) is 24.3 Å². The van der Waals surface area contributed by atoms with E-state index in [0.717, 1.165) is 27.9 Å². The van der Waals surface area contributed by atoms with E-state index in [2.05, 4.69) is 11.9 Å². The molecule has 140 valence electrons. The summed E-state index contributed by atoms with van der Waals surface area (Å²) < 4.78 is 10.9. The first kappa shape index (κ1) is 19.1. The number of thioether (sulfide) groups is 1. The lowest BCUT2D eigenvalue weighted by atomic mass is 10.3. The number of anilines is 1. The van der Waals surface area contributed by atoms with Crippen LogP contribution in [0.25, 0.3) is 0 Å². The third kappa shape index (κ3) is 5.91. The first-order chi connectivity index (χ1) is 13.2. The topological polar surface area (TPSA) is 58.6 Å². The predicted octanol–water partition coefficient (Wildman–Crippen LogP) is 4.79. The molecule has 0 radical (unpaired) electrons. The molecule has 2 aromatic heterocycles. The summed E-state index contributed by atoms with van der Waals surface area (Å²) in [7, 11) is 0. The van der Waals surface area contributed by atoms with Gasteiger partial charge in [0.05, 0.1) is 37.8 Å². The summed E-state index contributed by atoms with van der Waals surface area (Å²) in [6, 6.07) is 15.3. The fraction of sp³-hybridized carbons (Fsp3) is 0.190. The summed E-state index contributed by atoms with van der Waals surface area (Å²) in [6.45, 7) is 5.01. The monoisotopic (exact) mass is 382 g/mol. The first-order valence-corrected chi connectivity index (χ1v) is 9.63. The largest absolute Gasteiger partial charge is 0.468 e. The SMILES string of the molecule is C=CCSc1ccccc1NC(=O)CN(Cc1ccco1)Cc1ccco1. The van der Waals surface area contributed by atoms with Gasteiger partial charge in [0, 0.05) is 10.6 Å². The number of amides is 1. The van der Waals surface area contributed by atoms with E-state index >= 15 is 0 Å². The number of hydrogen-bond acceptors (Lipinski definition) is 5. The molecule has 0 unspecified atom stereocenters. The van der Waals surface area contributed by atoms with Crippen LogP contribution in [0.3, 0.4) is 0 Å². The number of carbonyl (C=O) groups excluding carboxylic acids is 1. The molecule has 0 bridgehead atoms. The number of para-hydroxylation sites is 1. The molecule has 5 nitrogen and oxygen atoms in total. The predicted molar refractivity (Wildman–Crippen MR) is 108 cm³/mol. The Morgan fingerprint density at radius 1 is 1.04 bits per heavy atom. The van der Waals surface area contributed by atoms with Crippen LogP contribution in [0.2, 0.25) is 0 Å². The molecule has 0 aliphatic rings. The highest BCUT2D eigenvalue weighted by molar-refractivity contribution is 7.99. The number of furan rings is 2. The van der Waals surface area contributed by atoms with Gasteiger partial charge in [-0.05, 0) is 36.4 Å². The summed E-state index contributed by atoms with van der Waals surface area (Å²) in [4.78, 5) is 15.7. The molecule has 0 aliphatic heterocycles. The molecular formula is C21H22N2O3S. The summed E-state index contributed by atoms with van der Waals surface area (Å²) in [5.74, 6) is 2.31. The molecule has 0 saturated heterocycles. The van der Waals surface area contributed by atoms with Crippen molar-refractivity contribution in [3.05, 3.63) is 85.2 Å². The zero-order chi connectivity index (χ0) is 18.9. The van der Waals surface area contributed by atoms with Crippen molar-refractivity contribution in [1.82, 2.24) is 4.90 Å². The van der Waals surface area contributed by atoms with Gasteiger partial charge in [0.25, 0.3) is 0 Å². The first-order valence-electron chi connectivity index (χ1n) is 8.64. The normalized spacial score (nSPS) is 10.9. The number of carbonyl (C=O) groups is 1. The minimum Gasteiger partial charge on any atom is -0.468 e. The molecule has 27 heavy (non-hydrogen) atoms. The molecule has 3 aromatic rings. The van der Waals surface area contributed by atoms with Crippen molar-refractivity contribution in [3.63, 3.8) is 0 Å². The van der Waals surface area contributed by atoms with Crippen molar-refractivity contribution < 1.29 is 13.6 Å². The Morgan fingerprint density at radius 3 is 2.30 bits per heavy atom. The van der Waals surface area contributed by atoms with Crippen molar-refractivity contribution in [1.29, 1.82) is 0 Å². The van der Waals surface area contributed by atoms with Crippen LogP contribution in [0.5, 0.6) is 0 Å². The van der Waals surface area contributed by atoms with Gasteiger partial charge in [0.15, 0.2) is 0 Å². The summed E-state index contributed by atoms with van der Waals surface area (Å²) in [5.41, 5.74) is 0.810. The van der Waals surface area contributed by atoms with Gasteiger partial charge in [0.1, 0.15) is 11.5 Å². The van der Waals surface area contributed by atoms with E-state index in [1.807, 2.05) is 59.5 Å². The number of rotatable bonds is 10. The molecule has 6 heteroatoms. The maximum atomic E-state index is 12.7. The summed E-state index contributed by atoms with van der Waals surface area (Å²) in [5, 5.41) is 3.01. The van der Waals surface area contributed by atoms with E-state index in [4.69, 9.17) is 8.83 Å². The van der Waals surface area contributed by atoms with Crippen LogP contribution >= 0.6 is 11.8 Å². The zero-order valence-corrected chi connectivity index (χ0v) is 15.8. The lowest BCUT2D eigenvalue weighted by molar-refractivity contribution is -0.117. The molecule has 0 atom stereocenters. The standard InChI is InChI=1S/C21H22N2O3S/c1-2-13-27-20-10-4-3-9-19(20)22-21(24)16-23(14-17-7-5-11-25-17)15-18-8-6-12-26-18/h2-12H,1,13-16H2,(H,22,24). The van der Waals surface area contributed by atoms with E-state index < -0.39 is 0 Å². The van der Waals surface area contributed by atoms with Crippen LogP contribution in [-0.2, 0) is 17.9 Å². The average Bonchev–Trinajstić information content (AvgIpc) is 3.35. The Bertz CT molecular complexity index is 808. The Labute approximate surface area is 163 Å². The molecule has 0 fully saturated rings. The van der Waals surface area contributed by atoms with Crippen molar-refractivity contribution in [2.75, 3.05) is 17.6 Å². The minimum absolute atomic E-state index is 0.0836. The lowest BCUT2D eigenvalue weighted by Crippen LogP contribution is -2.32. The molecule has 0 spiro atoms. The van der Waals surface area contributed by atoms with Gasteiger partial charge in [-0.1, -0.05) is 18.2 Å². The van der Waals surface area contributed by atoms with Gasteiger partial charge in [-0.15, -0.1) is 18.3 Å². The third-order valence-corrected chi connectivity index (χ3v) is 4.87. The van der Waals surface area contributed by atoms with Crippen molar-refractivity contribution in [2.24, 2.45) is 0 Å². The van der Waals surface area contributed by atoms with Crippen molar-refractivity contribution >= 4 is 23.4 Å². The molecule has 0 aliphatic carbocycles. The molecule has 2 heterocycles. The Hall–Kier alpha value is -2.70. The fourth-order valence-corrected chi connectivity index (χ4v) is 3.40. The van der Waals surface area contributed by atoms with Gasteiger partial charge in [-0.3, -0.25) is 9.69 Å². The molecule has 1 amide bonds. The number of nitrogens with zero attached hydrogens (tertiary/aromatic N) is 1. The molecule has 1 N–H and O–H groups in total. The van der Waals surface area contributed by atoms with Gasteiger partial charge in [0.2, 0.25) is 5.91 Å². The summed E-state index contributed by atoms with van der Waals surface area (Å²) >= 11 is 1.64. The van der Waals surface area contributed by atoms with Crippen LogP contribution in [0.4, 0.5) is 5.69 Å². The van der Waals surface area contributed by atoms with E-state index in [0.29, 0.717) is 13.1 Å². The van der Waals surface area contributed by atoms with Crippen LogP contribution in [0.1, 0.15) is 11.5 Å². The maximum absolute atomic E-state index is 12.7. The van der Waals surface area contributed by atoms with Crippen LogP contribution in [0.15, 0.2) is 87.4 Å². The maximum Gasteiger partial charge on any atom is 0.238 e. The second-order valence-corrected chi connectivity index (χ2v) is 7.01. The Morgan fingerprint density at radius 2 is 1.70 bits per heavy atom. The van der Waals surface area contributed by atoms with Gasteiger partial charge >= 0.3 is 0 Å². The van der Waals surface area contributed by atoms with Gasteiger partial charge in [-0.25, -0.2) is 0 Å². The fourth-order valence-electron chi connectivity index (χ4n) is 2.65. The van der Waals surface area contributed by atoms with Crippen LogP contribution in [-0.4, -0.2) is 23.1 Å². The van der Waals surface area contributed by atoms with Gasteiger partial charge < -0.3 is 14.2 Å². The van der Waals surface area contributed by atoms with Crippen LogP contribution in [0, 0.1) is 0 Å². The van der Waals surface area contributed by atoms with E-state index in [1.165, 1.54) is 0 Å². The van der Waals surface area contributed by atoms with Crippen molar-refractivity contribution in [3.8, 4) is 0 Å². The van der Waals surface area contributed by atoms with Gasteiger partial charge in [-0.2, -0.15) is 0 Å². The second kappa shape index (κ2) is 9.85. The van der Waals surface area contributed by atoms with E-state index in [9.17, 15) is 4.79 Å². The van der Waals surface area contributed by atoms with Crippen LogP contribution < -0.4 is 5.32 Å². The minimum atomic E-state index is -0.0836. The van der Waals surface area contributed by atoms with E-state index in [-0.39, 0.29) is 12.5 Å². The summed E-state index contributed by atoms with van der Waals surface area (Å²) in [6.07, 6.45) is 5.11. The highest BCUT2D eigenvalue weighted by Crippen LogP contribution is 2.27. The molecule has 0 saturated carbocycles. The number of hydrogen-bond donors (Lipinski definition) is 1. The molecule has 1 aromatic carbocycles. The number of nitrogens with one attached hydrogen (secondary N) is 1. The van der Waals surface area contributed by atoms with Crippen molar-refractivity contribution in [2.45, 2.75) is 18.0 Å². The molecule has 3 rings (SSSR count). The Kier molecular flexibility index (Phi) is 6.96. The number of benzene rings is 1. The Balaban J connectivity index is 1.66. The smallest absolute Gasteiger partial charge is 0.238 e. The lowest BCUT2D eigenvalue weighted by Gasteiger charge is -2.20.